The smallest absolute Gasteiger partial charge is 0.387 e. The minimum Gasteiger partial charge on any atom is -0.493 e. The Hall–Kier alpha value is -2.77. The van der Waals surface area contributed by atoms with Gasteiger partial charge in [-0.2, -0.15) is 8.78 Å². The topological polar surface area (TPSA) is 68.0 Å². The molecule has 2 rings (SSSR count). The zero-order valence-electron chi connectivity index (χ0n) is 14.1. The fourth-order valence-electron chi connectivity index (χ4n) is 2.18. The van der Waals surface area contributed by atoms with Crippen molar-refractivity contribution in [2.45, 2.75) is 19.6 Å². The molecule has 0 saturated carbocycles. The Bertz CT molecular complexity index is 676. The molecule has 0 atom stereocenters. The minimum absolute atomic E-state index is 0.00225. The van der Waals surface area contributed by atoms with Crippen molar-refractivity contribution in [3.63, 3.8) is 0 Å². The molecule has 0 saturated heterocycles. The van der Waals surface area contributed by atoms with Gasteiger partial charge in [-0.25, -0.2) is 0 Å². The predicted molar refractivity (Wildman–Crippen MR) is 90.2 cm³/mol. The van der Waals surface area contributed by atoms with Gasteiger partial charge in [-0.3, -0.25) is 4.99 Å². The normalized spacial score (nSPS) is 11.5. The van der Waals surface area contributed by atoms with Gasteiger partial charge in [0.15, 0.2) is 17.5 Å². The second-order valence-electron chi connectivity index (χ2n) is 5.05. The van der Waals surface area contributed by atoms with Crippen LogP contribution < -0.4 is 20.1 Å². The van der Waals surface area contributed by atoms with E-state index in [4.69, 9.17) is 9.15 Å². The maximum Gasteiger partial charge on any atom is 0.387 e. The Morgan fingerprint density at radius 3 is 2.72 bits per heavy atom. The fraction of sp³-hybridized carbons (Fsp3) is 0.353. The van der Waals surface area contributed by atoms with Crippen LogP contribution in [0.5, 0.6) is 11.5 Å². The Morgan fingerprint density at radius 1 is 1.24 bits per heavy atom. The van der Waals surface area contributed by atoms with Crippen LogP contribution in [0.3, 0.4) is 0 Å². The number of hydrogen-bond acceptors (Lipinski definition) is 4. The molecule has 2 aromatic rings. The van der Waals surface area contributed by atoms with E-state index in [0.717, 1.165) is 17.7 Å². The van der Waals surface area contributed by atoms with Gasteiger partial charge in [-0.15, -0.1) is 0 Å². The van der Waals surface area contributed by atoms with Gasteiger partial charge in [-0.1, -0.05) is 6.07 Å². The molecule has 136 valence electrons. The first kappa shape index (κ1) is 18.6. The molecule has 0 amide bonds. The monoisotopic (exact) mass is 353 g/mol. The highest BCUT2D eigenvalue weighted by Gasteiger charge is 2.11. The van der Waals surface area contributed by atoms with Gasteiger partial charge < -0.3 is 24.5 Å². The van der Waals surface area contributed by atoms with E-state index < -0.39 is 6.61 Å². The van der Waals surface area contributed by atoms with Crippen LogP contribution in [-0.2, 0) is 13.0 Å². The zero-order valence-corrected chi connectivity index (χ0v) is 14.1. The summed E-state index contributed by atoms with van der Waals surface area (Å²) in [7, 11) is 3.05. The fourth-order valence-corrected chi connectivity index (χ4v) is 2.18. The highest BCUT2D eigenvalue weighted by atomic mass is 19.3. The first-order valence-electron chi connectivity index (χ1n) is 7.71. The lowest BCUT2D eigenvalue weighted by atomic mass is 10.2. The third kappa shape index (κ3) is 5.98. The number of ether oxygens (including phenoxy) is 2. The highest BCUT2D eigenvalue weighted by Crippen LogP contribution is 2.29. The van der Waals surface area contributed by atoms with E-state index in [1.807, 2.05) is 12.1 Å². The average Bonchev–Trinajstić information content (AvgIpc) is 3.11. The molecule has 0 aliphatic carbocycles. The van der Waals surface area contributed by atoms with Crippen LogP contribution in [0.15, 0.2) is 46.0 Å². The van der Waals surface area contributed by atoms with Crippen molar-refractivity contribution in [1.82, 2.24) is 10.6 Å². The number of guanidine groups is 1. The van der Waals surface area contributed by atoms with Gasteiger partial charge in [-0.05, 0) is 29.8 Å². The first-order chi connectivity index (χ1) is 12.1. The summed E-state index contributed by atoms with van der Waals surface area (Å²) in [5.41, 5.74) is 0.755. The van der Waals surface area contributed by atoms with Crippen molar-refractivity contribution in [2.75, 3.05) is 20.7 Å². The summed E-state index contributed by atoms with van der Waals surface area (Å²) in [6, 6.07) is 8.60. The molecule has 0 fully saturated rings. The van der Waals surface area contributed by atoms with E-state index >= 15 is 0 Å². The number of alkyl halides is 2. The van der Waals surface area contributed by atoms with Crippen LogP contribution in [0, 0.1) is 0 Å². The molecule has 1 aromatic heterocycles. The summed E-state index contributed by atoms with van der Waals surface area (Å²) in [5.74, 6) is 1.73. The van der Waals surface area contributed by atoms with E-state index in [2.05, 4.69) is 20.4 Å². The van der Waals surface area contributed by atoms with E-state index in [1.165, 1.54) is 13.2 Å². The SMILES string of the molecule is CN=C(NCCc1ccco1)NCc1ccc(OC)c(OC(F)F)c1. The molecule has 1 aromatic carbocycles. The van der Waals surface area contributed by atoms with Gasteiger partial charge in [0.05, 0.1) is 13.4 Å². The standard InChI is InChI=1S/C17H21F2N3O3/c1-20-17(21-8-7-13-4-3-9-24-13)22-11-12-5-6-14(23-2)15(10-12)25-16(18)19/h3-6,9-10,16H,7-8,11H2,1-2H3,(H2,20,21,22). The number of benzene rings is 1. The first-order valence-corrected chi connectivity index (χ1v) is 7.71. The molecule has 1 heterocycles. The van der Waals surface area contributed by atoms with Crippen LogP contribution in [0.1, 0.15) is 11.3 Å². The maximum atomic E-state index is 12.5. The zero-order chi connectivity index (χ0) is 18.1. The Morgan fingerprint density at radius 2 is 2.08 bits per heavy atom. The molecule has 0 aliphatic heterocycles. The number of halogens is 2. The number of hydrogen-bond donors (Lipinski definition) is 2. The third-order valence-electron chi connectivity index (χ3n) is 3.37. The summed E-state index contributed by atoms with van der Waals surface area (Å²) in [6.45, 7) is -1.87. The van der Waals surface area contributed by atoms with Crippen molar-refractivity contribution in [2.24, 2.45) is 4.99 Å². The number of nitrogens with one attached hydrogen (secondary N) is 2. The number of rotatable bonds is 8. The van der Waals surface area contributed by atoms with Crippen LogP contribution in [0.2, 0.25) is 0 Å². The number of furan rings is 1. The lowest BCUT2D eigenvalue weighted by molar-refractivity contribution is -0.0512. The van der Waals surface area contributed by atoms with E-state index in [1.54, 1.807) is 25.4 Å². The maximum absolute atomic E-state index is 12.5. The highest BCUT2D eigenvalue weighted by molar-refractivity contribution is 5.79. The van der Waals surface area contributed by atoms with Crippen LogP contribution in [0.4, 0.5) is 8.78 Å². The minimum atomic E-state index is -2.91. The van der Waals surface area contributed by atoms with Gasteiger partial charge in [0.1, 0.15) is 5.76 Å². The van der Waals surface area contributed by atoms with Gasteiger partial charge in [0, 0.05) is 26.6 Å². The van der Waals surface area contributed by atoms with Crippen LogP contribution in [-0.4, -0.2) is 33.3 Å². The third-order valence-corrected chi connectivity index (χ3v) is 3.37. The number of methoxy groups -OCH3 is 1. The Balaban J connectivity index is 1.87. The summed E-state index contributed by atoms with van der Waals surface area (Å²) in [5, 5.41) is 6.26. The van der Waals surface area contributed by atoms with Crippen molar-refractivity contribution in [3.8, 4) is 11.5 Å². The quantitative estimate of drug-likeness (QED) is 0.564. The molecule has 2 N–H and O–H groups in total. The van der Waals surface area contributed by atoms with E-state index in [-0.39, 0.29) is 11.5 Å². The van der Waals surface area contributed by atoms with Gasteiger partial charge in [0.2, 0.25) is 0 Å². The lowest BCUT2D eigenvalue weighted by Crippen LogP contribution is -2.37. The summed E-state index contributed by atoms with van der Waals surface area (Å²) < 4.78 is 39.7. The number of nitrogens with zero attached hydrogens (tertiary/aromatic N) is 1. The van der Waals surface area contributed by atoms with E-state index in [0.29, 0.717) is 19.0 Å². The van der Waals surface area contributed by atoms with Crippen molar-refractivity contribution < 1.29 is 22.7 Å². The van der Waals surface area contributed by atoms with Gasteiger partial charge >= 0.3 is 6.61 Å². The molecular formula is C17H21F2N3O3. The van der Waals surface area contributed by atoms with E-state index in [9.17, 15) is 8.78 Å². The van der Waals surface area contributed by atoms with Crippen LogP contribution in [0.25, 0.3) is 0 Å². The summed E-state index contributed by atoms with van der Waals surface area (Å²) >= 11 is 0. The Kier molecular flexibility index (Phi) is 7.06. The van der Waals surface area contributed by atoms with Crippen LogP contribution >= 0.6 is 0 Å². The Labute approximate surface area is 144 Å². The van der Waals surface area contributed by atoms with Crippen molar-refractivity contribution >= 4 is 5.96 Å². The largest absolute Gasteiger partial charge is 0.493 e. The molecule has 0 unspecified atom stereocenters. The predicted octanol–water partition coefficient (Wildman–Crippen LogP) is 2.80. The van der Waals surface area contributed by atoms with Crippen molar-refractivity contribution in [1.29, 1.82) is 0 Å². The molecule has 0 spiro atoms. The second kappa shape index (κ2) is 9.51. The average molecular weight is 353 g/mol. The molecule has 0 bridgehead atoms. The summed E-state index contributed by atoms with van der Waals surface area (Å²) in [4.78, 5) is 4.11. The molecule has 8 heteroatoms. The molecule has 6 nitrogen and oxygen atoms in total. The summed E-state index contributed by atoms with van der Waals surface area (Å²) in [6.07, 6.45) is 2.35. The molecule has 25 heavy (non-hydrogen) atoms. The lowest BCUT2D eigenvalue weighted by Gasteiger charge is -2.14. The number of aliphatic imine (C=N–C) groups is 1. The molecule has 0 aliphatic rings. The van der Waals surface area contributed by atoms with Crippen molar-refractivity contribution in [3.05, 3.63) is 47.9 Å². The molecular weight excluding hydrogens is 332 g/mol. The van der Waals surface area contributed by atoms with Gasteiger partial charge in [0.25, 0.3) is 0 Å². The molecule has 0 radical (unpaired) electrons. The second-order valence-corrected chi connectivity index (χ2v) is 5.05.